The van der Waals surface area contributed by atoms with Crippen molar-refractivity contribution in [2.24, 2.45) is 0 Å². The van der Waals surface area contributed by atoms with Gasteiger partial charge in [0.05, 0.1) is 17.8 Å². The van der Waals surface area contributed by atoms with Crippen LogP contribution in [0, 0.1) is 0 Å². The Morgan fingerprint density at radius 1 is 0.926 bits per heavy atom. The van der Waals surface area contributed by atoms with E-state index in [1.165, 1.54) is 12.1 Å². The van der Waals surface area contributed by atoms with Crippen molar-refractivity contribution in [3.05, 3.63) is 84.2 Å². The molecule has 27 heavy (non-hydrogen) atoms. The first-order valence-corrected chi connectivity index (χ1v) is 8.37. The predicted molar refractivity (Wildman–Crippen MR) is 99.3 cm³/mol. The van der Waals surface area contributed by atoms with Gasteiger partial charge < -0.3 is 14.6 Å². The van der Waals surface area contributed by atoms with Gasteiger partial charge in [0.15, 0.2) is 0 Å². The van der Waals surface area contributed by atoms with E-state index in [1.54, 1.807) is 23.7 Å². The third kappa shape index (κ3) is 4.53. The first kappa shape index (κ1) is 18.2. The minimum absolute atomic E-state index is 0.183. The minimum atomic E-state index is -0.588. The summed E-state index contributed by atoms with van der Waals surface area (Å²) in [6.07, 6.45) is 3.77. The summed E-state index contributed by atoms with van der Waals surface area (Å²) >= 11 is 0. The predicted octanol–water partition coefficient (Wildman–Crippen LogP) is 2.41. The molecule has 0 saturated carbocycles. The zero-order valence-corrected chi connectivity index (χ0v) is 14.5. The fraction of sp³-hybridized carbons (Fsp3) is 0.100. The largest absolute Gasteiger partial charge is 0.492 e. The number of nitrogens with one attached hydrogen (secondary N) is 2. The second kappa shape index (κ2) is 8.68. The van der Waals surface area contributed by atoms with Gasteiger partial charge in [0, 0.05) is 18.0 Å². The maximum atomic E-state index is 12.5. The van der Waals surface area contributed by atoms with Crippen LogP contribution >= 0.6 is 0 Å². The van der Waals surface area contributed by atoms with E-state index in [0.29, 0.717) is 23.4 Å². The van der Waals surface area contributed by atoms with Crippen LogP contribution in [0.5, 0.6) is 5.75 Å². The summed E-state index contributed by atoms with van der Waals surface area (Å²) in [7, 11) is 0. The summed E-state index contributed by atoms with van der Waals surface area (Å²) in [4.78, 5) is 23.7. The Balaban J connectivity index is 1.53. The highest BCUT2D eigenvalue weighted by atomic mass is 16.5. The number of hydrogen-bond donors (Lipinski definition) is 3. The standard InChI is InChI=1S/C20H19N3O4/c24-19(22-26)15-7-9-16(10-8-15)27-14-11-21-20(25)17-5-1-2-6-18(17)23-12-3-4-13-23/h1-10,12-13,26H,11,14H2,(H,21,25)(H,22,24). The van der Waals surface area contributed by atoms with Crippen molar-refractivity contribution in [3.63, 3.8) is 0 Å². The number of para-hydroxylation sites is 1. The average molecular weight is 365 g/mol. The fourth-order valence-corrected chi connectivity index (χ4v) is 2.58. The highest BCUT2D eigenvalue weighted by Crippen LogP contribution is 2.15. The van der Waals surface area contributed by atoms with Crippen LogP contribution in [0.2, 0.25) is 0 Å². The molecule has 0 atom stereocenters. The molecular formula is C20H19N3O4. The summed E-state index contributed by atoms with van der Waals surface area (Å²) in [5, 5.41) is 11.4. The van der Waals surface area contributed by atoms with Gasteiger partial charge in [0.1, 0.15) is 12.4 Å². The minimum Gasteiger partial charge on any atom is -0.492 e. The molecule has 7 heteroatoms. The van der Waals surface area contributed by atoms with Gasteiger partial charge in [-0.2, -0.15) is 0 Å². The molecule has 138 valence electrons. The molecule has 0 saturated heterocycles. The van der Waals surface area contributed by atoms with Crippen LogP contribution in [0.15, 0.2) is 73.1 Å². The lowest BCUT2D eigenvalue weighted by atomic mass is 10.1. The number of carbonyl (C=O) groups is 2. The first-order valence-electron chi connectivity index (χ1n) is 8.37. The summed E-state index contributed by atoms with van der Waals surface area (Å²) in [6, 6.07) is 17.5. The van der Waals surface area contributed by atoms with Crippen LogP contribution in [0.25, 0.3) is 5.69 Å². The van der Waals surface area contributed by atoms with Gasteiger partial charge in [-0.15, -0.1) is 0 Å². The Morgan fingerprint density at radius 2 is 1.63 bits per heavy atom. The number of aromatic nitrogens is 1. The molecule has 2 aromatic carbocycles. The Kier molecular flexibility index (Phi) is 5.86. The van der Waals surface area contributed by atoms with Gasteiger partial charge in [-0.25, -0.2) is 5.48 Å². The number of carbonyl (C=O) groups excluding carboxylic acids is 2. The van der Waals surface area contributed by atoms with Crippen molar-refractivity contribution in [1.82, 2.24) is 15.4 Å². The van der Waals surface area contributed by atoms with Crippen molar-refractivity contribution in [3.8, 4) is 11.4 Å². The lowest BCUT2D eigenvalue weighted by Gasteiger charge is -2.12. The molecule has 3 rings (SSSR count). The molecule has 0 aliphatic rings. The number of rotatable bonds is 7. The zero-order valence-electron chi connectivity index (χ0n) is 14.5. The molecule has 2 amide bonds. The molecule has 0 fully saturated rings. The fourth-order valence-electron chi connectivity index (χ4n) is 2.58. The molecule has 0 aliphatic carbocycles. The van der Waals surface area contributed by atoms with Crippen LogP contribution < -0.4 is 15.5 Å². The Morgan fingerprint density at radius 3 is 2.33 bits per heavy atom. The van der Waals surface area contributed by atoms with Crippen LogP contribution in [0.4, 0.5) is 0 Å². The molecule has 7 nitrogen and oxygen atoms in total. The van der Waals surface area contributed by atoms with Crippen molar-refractivity contribution in [1.29, 1.82) is 0 Å². The van der Waals surface area contributed by atoms with Crippen LogP contribution in [-0.2, 0) is 0 Å². The third-order valence-electron chi connectivity index (χ3n) is 3.91. The quantitative estimate of drug-likeness (QED) is 0.341. The molecule has 0 spiro atoms. The van der Waals surface area contributed by atoms with E-state index in [9.17, 15) is 9.59 Å². The van der Waals surface area contributed by atoms with E-state index in [0.717, 1.165) is 5.69 Å². The number of hydrogen-bond acceptors (Lipinski definition) is 4. The van der Waals surface area contributed by atoms with Gasteiger partial charge in [-0.3, -0.25) is 14.8 Å². The molecule has 1 aromatic heterocycles. The average Bonchev–Trinajstić information content (AvgIpc) is 3.25. The van der Waals surface area contributed by atoms with Crippen LogP contribution in [0.1, 0.15) is 20.7 Å². The maximum Gasteiger partial charge on any atom is 0.274 e. The summed E-state index contributed by atoms with van der Waals surface area (Å²) in [5.41, 5.74) is 3.27. The smallest absolute Gasteiger partial charge is 0.274 e. The molecule has 1 heterocycles. The first-order chi connectivity index (χ1) is 13.2. The molecule has 0 unspecified atom stereocenters. The molecule has 0 aliphatic heterocycles. The highest BCUT2D eigenvalue weighted by Gasteiger charge is 2.11. The van der Waals surface area contributed by atoms with Crippen molar-refractivity contribution in [2.45, 2.75) is 0 Å². The highest BCUT2D eigenvalue weighted by molar-refractivity contribution is 5.97. The number of ether oxygens (including phenoxy) is 1. The van der Waals surface area contributed by atoms with E-state index in [1.807, 2.05) is 47.3 Å². The van der Waals surface area contributed by atoms with Crippen molar-refractivity contribution in [2.75, 3.05) is 13.2 Å². The van der Waals surface area contributed by atoms with E-state index in [2.05, 4.69) is 5.32 Å². The van der Waals surface area contributed by atoms with E-state index < -0.39 is 5.91 Å². The second-order valence-electron chi connectivity index (χ2n) is 5.68. The SMILES string of the molecule is O=C(NO)c1ccc(OCCNC(=O)c2ccccc2-n2cccc2)cc1. The van der Waals surface area contributed by atoms with Crippen molar-refractivity contribution >= 4 is 11.8 Å². The summed E-state index contributed by atoms with van der Waals surface area (Å²) in [5.74, 6) is -0.209. The summed E-state index contributed by atoms with van der Waals surface area (Å²) in [6.45, 7) is 0.612. The lowest BCUT2D eigenvalue weighted by molar-refractivity contribution is 0.0706. The molecule has 0 radical (unpaired) electrons. The van der Waals surface area contributed by atoms with Gasteiger partial charge in [0.2, 0.25) is 0 Å². The Hall–Kier alpha value is -3.58. The number of benzene rings is 2. The zero-order chi connectivity index (χ0) is 19.1. The van der Waals surface area contributed by atoms with Gasteiger partial charge in [-0.05, 0) is 48.5 Å². The third-order valence-corrected chi connectivity index (χ3v) is 3.91. The molecular weight excluding hydrogens is 346 g/mol. The number of amides is 2. The van der Waals surface area contributed by atoms with Gasteiger partial charge >= 0.3 is 0 Å². The molecule has 3 aromatic rings. The van der Waals surface area contributed by atoms with E-state index >= 15 is 0 Å². The van der Waals surface area contributed by atoms with E-state index in [-0.39, 0.29) is 12.5 Å². The van der Waals surface area contributed by atoms with E-state index in [4.69, 9.17) is 9.94 Å². The monoisotopic (exact) mass is 365 g/mol. The van der Waals surface area contributed by atoms with Crippen LogP contribution in [0.3, 0.4) is 0 Å². The van der Waals surface area contributed by atoms with Crippen LogP contribution in [-0.4, -0.2) is 34.7 Å². The molecule has 3 N–H and O–H groups in total. The van der Waals surface area contributed by atoms with Gasteiger partial charge in [0.25, 0.3) is 11.8 Å². The maximum absolute atomic E-state index is 12.5. The van der Waals surface area contributed by atoms with Crippen molar-refractivity contribution < 1.29 is 19.5 Å². The Labute approximate surface area is 156 Å². The van der Waals surface area contributed by atoms with Gasteiger partial charge in [-0.1, -0.05) is 12.1 Å². The topological polar surface area (TPSA) is 92.6 Å². The molecule has 0 bridgehead atoms. The normalized spacial score (nSPS) is 10.3. The Bertz CT molecular complexity index is 905. The second-order valence-corrected chi connectivity index (χ2v) is 5.68. The lowest BCUT2D eigenvalue weighted by Crippen LogP contribution is -2.29. The summed E-state index contributed by atoms with van der Waals surface area (Å²) < 4.78 is 7.43. The number of hydroxylamine groups is 1. The number of nitrogens with zero attached hydrogens (tertiary/aromatic N) is 1.